The monoisotopic (exact) mass is 270 g/mol. The van der Waals surface area contributed by atoms with Crippen molar-refractivity contribution in [2.45, 2.75) is 19.5 Å². The second kappa shape index (κ2) is 6.98. The zero-order chi connectivity index (χ0) is 12.3. The van der Waals surface area contributed by atoms with Gasteiger partial charge in [0, 0.05) is 19.1 Å². The predicted molar refractivity (Wildman–Crippen MR) is 77.5 cm³/mol. The van der Waals surface area contributed by atoms with Crippen molar-refractivity contribution in [1.29, 1.82) is 0 Å². The molecule has 0 amide bonds. The number of hydrogen-bond acceptors (Lipinski definition) is 3. The summed E-state index contributed by atoms with van der Waals surface area (Å²) in [4.78, 5) is 2.44. The Balaban J connectivity index is 0.00000162. The summed E-state index contributed by atoms with van der Waals surface area (Å²) in [5.74, 6) is 1.66. The minimum absolute atomic E-state index is 0. The normalized spacial score (nSPS) is 22.9. The van der Waals surface area contributed by atoms with Gasteiger partial charge in [-0.15, -0.1) is 12.4 Å². The van der Waals surface area contributed by atoms with Crippen molar-refractivity contribution in [1.82, 2.24) is 10.2 Å². The molecule has 0 aliphatic carbocycles. The second-order valence-corrected chi connectivity index (χ2v) is 4.97. The van der Waals surface area contributed by atoms with Crippen LogP contribution < -0.4 is 10.1 Å². The van der Waals surface area contributed by atoms with E-state index in [-0.39, 0.29) is 12.4 Å². The minimum Gasteiger partial charge on any atom is -0.497 e. The summed E-state index contributed by atoms with van der Waals surface area (Å²) in [6.07, 6.45) is 0. The molecule has 1 aliphatic rings. The molecule has 1 aromatic carbocycles. The fourth-order valence-corrected chi connectivity index (χ4v) is 2.52. The fraction of sp³-hybridized carbons (Fsp3) is 0.571. The Kier molecular flexibility index (Phi) is 5.93. The SMILES string of the molecule is COc1ccc(CN(C)C2CNCC2C)cc1.Cl. The topological polar surface area (TPSA) is 24.5 Å². The molecule has 2 atom stereocenters. The van der Waals surface area contributed by atoms with Gasteiger partial charge >= 0.3 is 0 Å². The molecule has 2 unspecified atom stereocenters. The highest BCUT2D eigenvalue weighted by Crippen LogP contribution is 2.18. The Morgan fingerprint density at radius 2 is 1.94 bits per heavy atom. The molecule has 0 bridgehead atoms. The van der Waals surface area contributed by atoms with Crippen molar-refractivity contribution in [2.75, 3.05) is 27.2 Å². The number of nitrogens with one attached hydrogen (secondary N) is 1. The van der Waals surface area contributed by atoms with Crippen LogP contribution in [-0.2, 0) is 6.54 Å². The molecule has 0 saturated carbocycles. The van der Waals surface area contributed by atoms with E-state index in [0.29, 0.717) is 6.04 Å². The summed E-state index contributed by atoms with van der Waals surface area (Å²) in [6, 6.07) is 8.99. The standard InChI is InChI=1S/C14H22N2O.ClH/c1-11-8-15-9-14(11)16(2)10-12-4-6-13(17-3)7-5-12;/h4-7,11,14-15H,8-10H2,1-3H3;1H. The van der Waals surface area contributed by atoms with Crippen LogP contribution in [0.25, 0.3) is 0 Å². The van der Waals surface area contributed by atoms with E-state index in [0.717, 1.165) is 31.3 Å². The number of rotatable bonds is 4. The predicted octanol–water partition coefficient (Wildman–Crippen LogP) is 2.16. The van der Waals surface area contributed by atoms with Gasteiger partial charge in [-0.3, -0.25) is 4.90 Å². The van der Waals surface area contributed by atoms with Gasteiger partial charge in [-0.05, 0) is 37.2 Å². The molecule has 4 heteroatoms. The molecule has 0 aromatic heterocycles. The lowest BCUT2D eigenvalue weighted by atomic mass is 10.0. The first kappa shape index (κ1) is 15.3. The van der Waals surface area contributed by atoms with Crippen molar-refractivity contribution in [2.24, 2.45) is 5.92 Å². The third kappa shape index (κ3) is 3.61. The largest absolute Gasteiger partial charge is 0.497 e. The van der Waals surface area contributed by atoms with E-state index in [1.165, 1.54) is 5.56 Å². The van der Waals surface area contributed by atoms with Crippen LogP contribution in [0.1, 0.15) is 12.5 Å². The molecule has 2 rings (SSSR count). The Hall–Kier alpha value is -0.770. The highest BCUT2D eigenvalue weighted by molar-refractivity contribution is 5.85. The number of methoxy groups -OCH3 is 1. The molecule has 102 valence electrons. The van der Waals surface area contributed by atoms with Crippen LogP contribution in [0.2, 0.25) is 0 Å². The van der Waals surface area contributed by atoms with E-state index in [2.05, 4.69) is 36.3 Å². The quantitative estimate of drug-likeness (QED) is 0.907. The molecule has 1 N–H and O–H groups in total. The van der Waals surface area contributed by atoms with Crippen LogP contribution >= 0.6 is 12.4 Å². The van der Waals surface area contributed by atoms with Crippen LogP contribution in [0.4, 0.5) is 0 Å². The summed E-state index contributed by atoms with van der Waals surface area (Å²) in [6.45, 7) is 5.56. The molecular weight excluding hydrogens is 248 g/mol. The van der Waals surface area contributed by atoms with Crippen LogP contribution in [0.3, 0.4) is 0 Å². The molecule has 3 nitrogen and oxygen atoms in total. The third-order valence-corrected chi connectivity index (χ3v) is 3.63. The maximum Gasteiger partial charge on any atom is 0.118 e. The molecular formula is C14H23ClN2O. The van der Waals surface area contributed by atoms with Crippen molar-refractivity contribution in [3.8, 4) is 5.75 Å². The average molecular weight is 271 g/mol. The van der Waals surface area contributed by atoms with Gasteiger partial charge in [0.05, 0.1) is 7.11 Å². The smallest absolute Gasteiger partial charge is 0.118 e. The number of ether oxygens (including phenoxy) is 1. The summed E-state index contributed by atoms with van der Waals surface area (Å²) in [5.41, 5.74) is 1.34. The van der Waals surface area contributed by atoms with Crippen LogP contribution in [-0.4, -0.2) is 38.2 Å². The Labute approximate surface area is 116 Å². The van der Waals surface area contributed by atoms with E-state index in [9.17, 15) is 0 Å². The summed E-state index contributed by atoms with van der Waals surface area (Å²) < 4.78 is 5.17. The highest BCUT2D eigenvalue weighted by Gasteiger charge is 2.26. The zero-order valence-corrected chi connectivity index (χ0v) is 12.2. The lowest BCUT2D eigenvalue weighted by molar-refractivity contribution is 0.212. The molecule has 18 heavy (non-hydrogen) atoms. The number of benzene rings is 1. The minimum atomic E-state index is 0. The average Bonchev–Trinajstić information content (AvgIpc) is 2.76. The first-order chi connectivity index (χ1) is 8.20. The number of hydrogen-bond donors (Lipinski definition) is 1. The Morgan fingerprint density at radius 1 is 1.28 bits per heavy atom. The van der Waals surface area contributed by atoms with E-state index >= 15 is 0 Å². The van der Waals surface area contributed by atoms with Gasteiger partial charge in [-0.2, -0.15) is 0 Å². The second-order valence-electron chi connectivity index (χ2n) is 4.97. The van der Waals surface area contributed by atoms with E-state index in [1.54, 1.807) is 7.11 Å². The Morgan fingerprint density at radius 3 is 2.44 bits per heavy atom. The molecule has 1 fully saturated rings. The maximum absolute atomic E-state index is 5.17. The molecule has 1 aromatic rings. The lowest BCUT2D eigenvalue weighted by Crippen LogP contribution is -2.36. The van der Waals surface area contributed by atoms with Crippen molar-refractivity contribution < 1.29 is 4.74 Å². The number of likely N-dealkylation sites (N-methyl/N-ethyl adjacent to an activating group) is 1. The summed E-state index contributed by atoms with van der Waals surface area (Å²) >= 11 is 0. The molecule has 1 heterocycles. The van der Waals surface area contributed by atoms with E-state index < -0.39 is 0 Å². The van der Waals surface area contributed by atoms with E-state index in [4.69, 9.17) is 4.74 Å². The van der Waals surface area contributed by atoms with Gasteiger partial charge in [0.15, 0.2) is 0 Å². The van der Waals surface area contributed by atoms with Crippen molar-refractivity contribution in [3.05, 3.63) is 29.8 Å². The number of nitrogens with zero attached hydrogens (tertiary/aromatic N) is 1. The van der Waals surface area contributed by atoms with Crippen molar-refractivity contribution >= 4 is 12.4 Å². The Bertz CT molecular complexity index is 355. The zero-order valence-electron chi connectivity index (χ0n) is 11.3. The van der Waals surface area contributed by atoms with Gasteiger partial charge in [-0.25, -0.2) is 0 Å². The van der Waals surface area contributed by atoms with Crippen molar-refractivity contribution in [3.63, 3.8) is 0 Å². The van der Waals surface area contributed by atoms with Crippen LogP contribution in [0.5, 0.6) is 5.75 Å². The summed E-state index contributed by atoms with van der Waals surface area (Å²) in [5, 5.41) is 3.45. The highest BCUT2D eigenvalue weighted by atomic mass is 35.5. The van der Waals surface area contributed by atoms with Gasteiger partial charge < -0.3 is 10.1 Å². The molecule has 0 spiro atoms. The summed E-state index contributed by atoms with van der Waals surface area (Å²) in [7, 11) is 3.91. The van der Waals surface area contributed by atoms with Gasteiger partial charge in [-0.1, -0.05) is 19.1 Å². The molecule has 1 saturated heterocycles. The molecule has 0 radical (unpaired) electrons. The van der Waals surface area contributed by atoms with Gasteiger partial charge in [0.2, 0.25) is 0 Å². The number of halogens is 1. The fourth-order valence-electron chi connectivity index (χ4n) is 2.52. The van der Waals surface area contributed by atoms with E-state index in [1.807, 2.05) is 12.1 Å². The van der Waals surface area contributed by atoms with Crippen LogP contribution in [0, 0.1) is 5.92 Å². The maximum atomic E-state index is 5.17. The molecule has 1 aliphatic heterocycles. The first-order valence-corrected chi connectivity index (χ1v) is 6.24. The van der Waals surface area contributed by atoms with Crippen LogP contribution in [0.15, 0.2) is 24.3 Å². The van der Waals surface area contributed by atoms with Gasteiger partial charge in [0.1, 0.15) is 5.75 Å². The first-order valence-electron chi connectivity index (χ1n) is 6.24. The lowest BCUT2D eigenvalue weighted by Gasteiger charge is -2.27. The third-order valence-electron chi connectivity index (χ3n) is 3.63. The van der Waals surface area contributed by atoms with Gasteiger partial charge in [0.25, 0.3) is 0 Å².